The smallest absolute Gasteiger partial charge is 0.321 e. The lowest BCUT2D eigenvalue weighted by Crippen LogP contribution is -2.52. The molecule has 1 aliphatic heterocycles. The highest BCUT2D eigenvalue weighted by Crippen LogP contribution is 2.38. The lowest BCUT2D eigenvalue weighted by atomic mass is 10.1. The van der Waals surface area contributed by atoms with Gasteiger partial charge < -0.3 is 5.32 Å². The first-order valence-electron chi connectivity index (χ1n) is 7.05. The number of piperidine rings is 1. The number of carbonyl (C=O) groups is 2. The Morgan fingerprint density at radius 1 is 1.29 bits per heavy atom. The fraction of sp³-hybridized carbons (Fsp3) is 0.538. The number of hydrogen-bond donors (Lipinski definition) is 3. The fourth-order valence-electron chi connectivity index (χ4n) is 2.31. The molecule has 1 saturated heterocycles. The molecule has 1 unspecified atom stereocenters. The van der Waals surface area contributed by atoms with Crippen LogP contribution < -0.4 is 10.6 Å². The van der Waals surface area contributed by atoms with Gasteiger partial charge in [0.05, 0.1) is 5.69 Å². The van der Waals surface area contributed by atoms with E-state index in [4.69, 9.17) is 0 Å². The van der Waals surface area contributed by atoms with Crippen molar-refractivity contribution in [1.82, 2.24) is 20.6 Å². The van der Waals surface area contributed by atoms with Crippen LogP contribution in [0.1, 0.15) is 37.3 Å². The molecule has 1 saturated carbocycles. The van der Waals surface area contributed by atoms with Crippen LogP contribution in [0.3, 0.4) is 0 Å². The van der Waals surface area contributed by atoms with Gasteiger partial charge >= 0.3 is 6.03 Å². The van der Waals surface area contributed by atoms with Gasteiger partial charge in [-0.15, -0.1) is 5.10 Å². The average Bonchev–Trinajstić information content (AvgIpc) is 3.29. The Labute approximate surface area is 121 Å². The Morgan fingerprint density at radius 2 is 2.10 bits per heavy atom. The molecule has 1 atom stereocenters. The van der Waals surface area contributed by atoms with E-state index in [0.29, 0.717) is 36.2 Å². The zero-order valence-corrected chi connectivity index (χ0v) is 11.5. The van der Waals surface area contributed by atoms with Crippen LogP contribution in [0.25, 0.3) is 0 Å². The van der Waals surface area contributed by atoms with Crippen LogP contribution in [0.15, 0.2) is 12.1 Å². The van der Waals surface area contributed by atoms with Crippen molar-refractivity contribution in [1.29, 1.82) is 0 Å². The number of hydroxylamine groups is 2. The van der Waals surface area contributed by atoms with Gasteiger partial charge in [-0.3, -0.25) is 15.3 Å². The summed E-state index contributed by atoms with van der Waals surface area (Å²) in [5, 5.41) is 23.0. The molecule has 1 aromatic rings. The summed E-state index contributed by atoms with van der Waals surface area (Å²) in [5.74, 6) is 0.350. The molecule has 0 spiro atoms. The third kappa shape index (κ3) is 3.27. The largest absolute Gasteiger partial charge is 0.326 e. The molecule has 2 heterocycles. The minimum atomic E-state index is -0.706. The van der Waals surface area contributed by atoms with E-state index < -0.39 is 18.0 Å². The molecule has 2 aliphatic rings. The molecule has 21 heavy (non-hydrogen) atoms. The Kier molecular flexibility index (Phi) is 3.70. The molecule has 1 aliphatic carbocycles. The van der Waals surface area contributed by atoms with Crippen LogP contribution in [-0.4, -0.2) is 45.0 Å². The van der Waals surface area contributed by atoms with Gasteiger partial charge in [-0.2, -0.15) is 5.10 Å². The van der Waals surface area contributed by atoms with Gasteiger partial charge in [0.1, 0.15) is 6.04 Å². The van der Waals surface area contributed by atoms with Crippen LogP contribution >= 0.6 is 0 Å². The highest BCUT2D eigenvalue weighted by atomic mass is 16.5. The monoisotopic (exact) mass is 291 g/mol. The normalized spacial score (nSPS) is 22.0. The van der Waals surface area contributed by atoms with Crippen molar-refractivity contribution in [3.63, 3.8) is 0 Å². The summed E-state index contributed by atoms with van der Waals surface area (Å²) in [4.78, 5) is 23.5. The topological polar surface area (TPSA) is 107 Å². The number of rotatable bonds is 3. The van der Waals surface area contributed by atoms with E-state index in [2.05, 4.69) is 20.8 Å². The molecular weight excluding hydrogens is 274 g/mol. The van der Waals surface area contributed by atoms with Gasteiger partial charge in [0, 0.05) is 12.5 Å². The van der Waals surface area contributed by atoms with Crippen molar-refractivity contribution in [2.24, 2.45) is 0 Å². The Bertz CT molecular complexity index is 543. The first-order chi connectivity index (χ1) is 10.1. The number of anilines is 1. The summed E-state index contributed by atoms with van der Waals surface area (Å²) in [6.45, 7) is 0.298. The molecular formula is C13H17N5O3. The summed E-state index contributed by atoms with van der Waals surface area (Å²) in [6, 6.07) is 2.31. The molecule has 3 rings (SSSR count). The number of amides is 3. The molecule has 0 aromatic carbocycles. The van der Waals surface area contributed by atoms with Crippen molar-refractivity contribution in [3.05, 3.63) is 17.8 Å². The lowest BCUT2D eigenvalue weighted by Gasteiger charge is -2.27. The van der Waals surface area contributed by atoms with Crippen LogP contribution in [0.5, 0.6) is 0 Å². The standard InChI is InChI=1S/C13H17N5O3/c19-12-10(2-1-7-18(12)21)14-13(20)15-11-6-5-9(16-17-11)8-3-4-8/h5-6,8,10,21H,1-4,7H2,(H2,14,15,17,20). The maximum Gasteiger partial charge on any atom is 0.321 e. The second-order valence-electron chi connectivity index (χ2n) is 5.37. The summed E-state index contributed by atoms with van der Waals surface area (Å²) in [7, 11) is 0. The highest BCUT2D eigenvalue weighted by molar-refractivity contribution is 5.93. The summed E-state index contributed by atoms with van der Waals surface area (Å²) < 4.78 is 0. The van der Waals surface area contributed by atoms with E-state index in [1.54, 1.807) is 6.07 Å². The first-order valence-corrected chi connectivity index (χ1v) is 7.05. The van der Waals surface area contributed by atoms with Gasteiger partial charge in [-0.25, -0.2) is 9.86 Å². The predicted octanol–water partition coefficient (Wildman–Crippen LogP) is 0.856. The van der Waals surface area contributed by atoms with Gasteiger partial charge in [0.25, 0.3) is 5.91 Å². The number of urea groups is 1. The number of hydrogen-bond acceptors (Lipinski definition) is 5. The third-order valence-corrected chi connectivity index (χ3v) is 3.64. The van der Waals surface area contributed by atoms with E-state index in [1.807, 2.05) is 6.07 Å². The third-order valence-electron chi connectivity index (χ3n) is 3.64. The van der Waals surface area contributed by atoms with E-state index >= 15 is 0 Å². The van der Waals surface area contributed by atoms with Crippen molar-refractivity contribution in [3.8, 4) is 0 Å². The Balaban J connectivity index is 1.54. The van der Waals surface area contributed by atoms with Crippen molar-refractivity contribution >= 4 is 17.8 Å². The molecule has 0 bridgehead atoms. The predicted molar refractivity (Wildman–Crippen MR) is 72.7 cm³/mol. The maximum atomic E-state index is 11.8. The van der Waals surface area contributed by atoms with E-state index in [9.17, 15) is 14.8 Å². The second kappa shape index (κ2) is 5.65. The maximum absolute atomic E-state index is 11.8. The molecule has 1 aromatic heterocycles. The van der Waals surface area contributed by atoms with Crippen molar-refractivity contribution in [2.45, 2.75) is 37.6 Å². The SMILES string of the molecule is O=C(Nc1ccc(C2CC2)nn1)NC1CCCN(O)C1=O. The number of carbonyl (C=O) groups excluding carboxylic acids is 2. The second-order valence-corrected chi connectivity index (χ2v) is 5.37. The molecule has 3 amide bonds. The molecule has 3 N–H and O–H groups in total. The number of nitrogens with one attached hydrogen (secondary N) is 2. The fourth-order valence-corrected chi connectivity index (χ4v) is 2.31. The molecule has 8 nitrogen and oxygen atoms in total. The quantitative estimate of drug-likeness (QED) is 0.716. The van der Waals surface area contributed by atoms with Gasteiger partial charge in [0.2, 0.25) is 0 Å². The van der Waals surface area contributed by atoms with Crippen LogP contribution in [0.2, 0.25) is 0 Å². The van der Waals surface area contributed by atoms with Gasteiger partial charge in [-0.05, 0) is 37.8 Å². The van der Waals surface area contributed by atoms with Gasteiger partial charge in [-0.1, -0.05) is 0 Å². The van der Waals surface area contributed by atoms with Crippen molar-refractivity contribution in [2.75, 3.05) is 11.9 Å². The average molecular weight is 291 g/mol. The molecule has 0 radical (unpaired) electrons. The summed E-state index contributed by atoms with van der Waals surface area (Å²) >= 11 is 0. The number of nitrogens with zero attached hydrogens (tertiary/aromatic N) is 3. The first kappa shape index (κ1) is 13.7. The Morgan fingerprint density at radius 3 is 2.76 bits per heavy atom. The minimum Gasteiger partial charge on any atom is -0.326 e. The highest BCUT2D eigenvalue weighted by Gasteiger charge is 2.29. The van der Waals surface area contributed by atoms with E-state index in [0.717, 1.165) is 18.5 Å². The van der Waals surface area contributed by atoms with Gasteiger partial charge in [0.15, 0.2) is 5.82 Å². The van der Waals surface area contributed by atoms with E-state index in [1.165, 1.54) is 0 Å². The van der Waals surface area contributed by atoms with Crippen molar-refractivity contribution < 1.29 is 14.8 Å². The van der Waals surface area contributed by atoms with Crippen LogP contribution in [-0.2, 0) is 4.79 Å². The molecule has 8 heteroatoms. The summed E-state index contributed by atoms with van der Waals surface area (Å²) in [6.07, 6.45) is 3.44. The van der Waals surface area contributed by atoms with Crippen LogP contribution in [0.4, 0.5) is 10.6 Å². The lowest BCUT2D eigenvalue weighted by molar-refractivity contribution is -0.172. The van der Waals surface area contributed by atoms with Crippen LogP contribution in [0, 0.1) is 0 Å². The molecule has 112 valence electrons. The Hall–Kier alpha value is -2.22. The zero-order valence-electron chi connectivity index (χ0n) is 11.5. The summed E-state index contributed by atoms with van der Waals surface area (Å²) in [5.41, 5.74) is 0.944. The minimum absolute atomic E-state index is 0.298. The zero-order chi connectivity index (χ0) is 14.8. The van der Waals surface area contributed by atoms with E-state index in [-0.39, 0.29) is 0 Å². The number of aromatic nitrogens is 2. The molecule has 2 fully saturated rings.